The van der Waals surface area contributed by atoms with Gasteiger partial charge in [-0.2, -0.15) is 13.2 Å². The maximum absolute atomic E-state index is 13.5. The predicted molar refractivity (Wildman–Crippen MR) is 115 cm³/mol. The molecule has 9 heteroatoms. The second-order valence-corrected chi connectivity index (χ2v) is 9.87. The summed E-state index contributed by atoms with van der Waals surface area (Å²) >= 11 is 0. The average molecular weight is 464 g/mol. The Bertz CT molecular complexity index is 1260. The van der Waals surface area contributed by atoms with Crippen LogP contribution in [0.25, 0.3) is 5.57 Å². The van der Waals surface area contributed by atoms with Gasteiger partial charge in [-0.05, 0) is 54.0 Å². The first-order chi connectivity index (χ1) is 15.0. The van der Waals surface area contributed by atoms with Crippen LogP contribution in [0.2, 0.25) is 0 Å². The largest absolute Gasteiger partial charge is 0.497 e. The number of likely N-dealkylation sites (N-methyl/N-ethyl adjacent to an activating group) is 1. The molecule has 0 saturated carbocycles. The van der Waals surface area contributed by atoms with Crippen molar-refractivity contribution < 1.29 is 26.0 Å². The van der Waals surface area contributed by atoms with Gasteiger partial charge in [-0.25, -0.2) is 12.8 Å². The Kier molecular flexibility index (Phi) is 5.48. The van der Waals surface area contributed by atoms with Crippen LogP contribution in [0.5, 0.6) is 0 Å². The van der Waals surface area contributed by atoms with Crippen LogP contribution in [0.3, 0.4) is 0 Å². The van der Waals surface area contributed by atoms with E-state index in [1.54, 1.807) is 18.2 Å². The molecule has 0 bridgehead atoms. The minimum atomic E-state index is -5.33. The summed E-state index contributed by atoms with van der Waals surface area (Å²) in [6.07, 6.45) is 3.88. The summed E-state index contributed by atoms with van der Waals surface area (Å²) in [7, 11) is -3.45. The van der Waals surface area contributed by atoms with E-state index in [0.717, 1.165) is 11.1 Å². The molecule has 168 valence electrons. The lowest BCUT2D eigenvalue weighted by Crippen LogP contribution is -2.25. The number of benzene rings is 2. The number of hydrogen-bond acceptors (Lipinski definition) is 4. The molecule has 2 aliphatic heterocycles. The zero-order valence-electron chi connectivity index (χ0n) is 17.3. The number of aliphatic imine (C=N–C) groups is 1. The number of rotatable bonds is 3. The van der Waals surface area contributed by atoms with E-state index in [1.807, 2.05) is 31.1 Å². The third-order valence-electron chi connectivity index (χ3n) is 5.49. The van der Waals surface area contributed by atoms with Crippen molar-refractivity contribution in [2.75, 3.05) is 13.6 Å². The van der Waals surface area contributed by atoms with Crippen LogP contribution in [0, 0.1) is 5.82 Å². The highest BCUT2D eigenvalue weighted by Gasteiger charge is 2.45. The van der Waals surface area contributed by atoms with Gasteiger partial charge in [-0.1, -0.05) is 18.2 Å². The van der Waals surface area contributed by atoms with Crippen molar-refractivity contribution in [3.05, 3.63) is 88.4 Å². The molecular weight excluding hydrogens is 444 g/mol. The maximum Gasteiger partial charge on any atom is 0.497 e. The molecule has 0 N–H and O–H groups in total. The van der Waals surface area contributed by atoms with E-state index < -0.39 is 26.9 Å². The lowest BCUT2D eigenvalue weighted by Gasteiger charge is -2.25. The van der Waals surface area contributed by atoms with Gasteiger partial charge in [-0.3, -0.25) is 4.99 Å². The van der Waals surface area contributed by atoms with Gasteiger partial charge in [0.25, 0.3) is 9.84 Å². The van der Waals surface area contributed by atoms with Crippen molar-refractivity contribution in [2.24, 2.45) is 4.99 Å². The minimum Gasteiger partial charge on any atom is -0.376 e. The van der Waals surface area contributed by atoms with Crippen LogP contribution in [0.1, 0.15) is 29.2 Å². The Morgan fingerprint density at radius 3 is 2.44 bits per heavy atom. The molecule has 32 heavy (non-hydrogen) atoms. The Balaban J connectivity index is 1.91. The SMILES string of the molecule is C[C@@H]1N=C(c2ccc(F)cc2)c2ccc(CS(=O)(=O)C(F)(F)F)cc2C2=CN(C)CC=C21. The smallest absolute Gasteiger partial charge is 0.376 e. The van der Waals surface area contributed by atoms with Gasteiger partial charge in [0.05, 0.1) is 17.5 Å². The minimum absolute atomic E-state index is 0.0301. The topological polar surface area (TPSA) is 49.7 Å². The van der Waals surface area contributed by atoms with Crippen molar-refractivity contribution >= 4 is 21.1 Å². The van der Waals surface area contributed by atoms with Gasteiger partial charge in [-0.15, -0.1) is 0 Å². The van der Waals surface area contributed by atoms with Gasteiger partial charge < -0.3 is 4.90 Å². The summed E-state index contributed by atoms with van der Waals surface area (Å²) < 4.78 is 75.8. The molecule has 0 unspecified atom stereocenters. The highest BCUT2D eigenvalue weighted by molar-refractivity contribution is 7.91. The van der Waals surface area contributed by atoms with E-state index in [1.165, 1.54) is 24.3 Å². The molecule has 2 aromatic carbocycles. The molecule has 0 amide bonds. The Labute approximate surface area is 183 Å². The Hall–Kier alpha value is -2.94. The molecule has 2 aromatic rings. The van der Waals surface area contributed by atoms with Crippen LogP contribution in [-0.4, -0.2) is 44.2 Å². The van der Waals surface area contributed by atoms with E-state index in [2.05, 4.69) is 0 Å². The van der Waals surface area contributed by atoms with Gasteiger partial charge in [0.1, 0.15) is 5.82 Å². The fourth-order valence-electron chi connectivity index (χ4n) is 3.90. The lowest BCUT2D eigenvalue weighted by molar-refractivity contribution is -0.0437. The van der Waals surface area contributed by atoms with Crippen molar-refractivity contribution in [1.29, 1.82) is 0 Å². The zero-order chi connectivity index (χ0) is 23.3. The average Bonchev–Trinajstić information content (AvgIpc) is 2.82. The lowest BCUT2D eigenvalue weighted by atomic mass is 9.88. The number of alkyl halides is 3. The Morgan fingerprint density at radius 1 is 1.09 bits per heavy atom. The summed E-state index contributed by atoms with van der Waals surface area (Å²) in [6, 6.07) is 10.00. The molecule has 0 spiro atoms. The monoisotopic (exact) mass is 464 g/mol. The molecular formula is C23H20F4N2O2S. The molecule has 2 heterocycles. The van der Waals surface area contributed by atoms with Crippen LogP contribution >= 0.6 is 0 Å². The third-order valence-corrected chi connectivity index (χ3v) is 6.91. The second-order valence-electron chi connectivity index (χ2n) is 7.89. The number of hydrogen-bond donors (Lipinski definition) is 0. The molecule has 4 nitrogen and oxygen atoms in total. The molecule has 0 fully saturated rings. The number of halogens is 4. The molecule has 1 atom stereocenters. The highest BCUT2D eigenvalue weighted by Crippen LogP contribution is 2.38. The van der Waals surface area contributed by atoms with Crippen molar-refractivity contribution in [2.45, 2.75) is 24.2 Å². The number of nitrogens with zero attached hydrogens (tertiary/aromatic N) is 2. The summed E-state index contributed by atoms with van der Waals surface area (Å²) in [6.45, 7) is 2.55. The zero-order valence-corrected chi connectivity index (χ0v) is 18.1. The van der Waals surface area contributed by atoms with E-state index in [-0.39, 0.29) is 11.6 Å². The Morgan fingerprint density at radius 2 is 1.78 bits per heavy atom. The van der Waals surface area contributed by atoms with E-state index in [9.17, 15) is 26.0 Å². The van der Waals surface area contributed by atoms with Gasteiger partial charge in [0.2, 0.25) is 0 Å². The van der Waals surface area contributed by atoms with Crippen LogP contribution < -0.4 is 0 Å². The van der Waals surface area contributed by atoms with Gasteiger partial charge >= 0.3 is 5.51 Å². The van der Waals surface area contributed by atoms with Crippen LogP contribution in [0.4, 0.5) is 17.6 Å². The van der Waals surface area contributed by atoms with Crippen molar-refractivity contribution in [3.63, 3.8) is 0 Å². The standard InChI is InChI=1S/C23H20F4N2O2S/c1-14-18-9-10-29(2)12-21(18)20-11-15(13-32(30,31)23(25,26)27)3-8-19(20)22(28-14)16-4-6-17(24)7-5-16/h3-9,11-12,14H,10,13H2,1-2H3/t14-/m0/s1. The highest BCUT2D eigenvalue weighted by atomic mass is 32.2. The van der Waals surface area contributed by atoms with Gasteiger partial charge in [0, 0.05) is 36.5 Å². The maximum atomic E-state index is 13.5. The number of sulfone groups is 1. The summed E-state index contributed by atoms with van der Waals surface area (Å²) in [5.74, 6) is -1.55. The van der Waals surface area contributed by atoms with Crippen molar-refractivity contribution in [3.8, 4) is 0 Å². The van der Waals surface area contributed by atoms with E-state index in [4.69, 9.17) is 4.99 Å². The van der Waals surface area contributed by atoms with E-state index >= 15 is 0 Å². The fourth-order valence-corrected chi connectivity index (χ4v) is 4.68. The quantitative estimate of drug-likeness (QED) is 0.618. The first-order valence-corrected chi connectivity index (χ1v) is 11.5. The predicted octanol–water partition coefficient (Wildman–Crippen LogP) is 4.71. The van der Waals surface area contributed by atoms with Crippen LogP contribution in [-0.2, 0) is 15.6 Å². The molecule has 2 aliphatic rings. The first-order valence-electron chi connectivity index (χ1n) is 9.85. The number of fused-ring (bicyclic) bond motifs is 3. The summed E-state index contributed by atoms with van der Waals surface area (Å²) in [5, 5.41) is 0. The normalized spacial score (nSPS) is 18.8. The van der Waals surface area contributed by atoms with E-state index in [0.29, 0.717) is 28.9 Å². The fraction of sp³-hybridized carbons (Fsp3) is 0.261. The second kappa shape index (κ2) is 7.88. The third kappa shape index (κ3) is 4.09. The van der Waals surface area contributed by atoms with Gasteiger partial charge in [0.15, 0.2) is 0 Å². The van der Waals surface area contributed by atoms with Crippen molar-refractivity contribution in [1.82, 2.24) is 4.90 Å². The molecule has 0 radical (unpaired) electrons. The molecule has 0 aromatic heterocycles. The first kappa shape index (κ1) is 22.3. The molecule has 0 saturated heterocycles. The summed E-state index contributed by atoms with van der Waals surface area (Å²) in [4.78, 5) is 6.77. The van der Waals surface area contributed by atoms with Crippen LogP contribution in [0.15, 0.2) is 65.3 Å². The summed E-state index contributed by atoms with van der Waals surface area (Å²) in [5.41, 5.74) is -1.18. The molecule has 4 rings (SSSR count). The molecule has 0 aliphatic carbocycles.